The van der Waals surface area contributed by atoms with E-state index in [0.717, 1.165) is 5.56 Å². The second-order valence-corrected chi connectivity index (χ2v) is 3.68. The number of aromatic nitrogens is 3. The van der Waals surface area contributed by atoms with Crippen molar-refractivity contribution < 1.29 is 4.39 Å². The first kappa shape index (κ1) is 9.83. The summed E-state index contributed by atoms with van der Waals surface area (Å²) in [5.41, 5.74) is 1.35. The minimum atomic E-state index is -0.294. The number of nitrogens with zero attached hydrogens (tertiary/aromatic N) is 3. The van der Waals surface area contributed by atoms with Crippen molar-refractivity contribution >= 4 is 0 Å². The zero-order valence-electron chi connectivity index (χ0n) is 8.68. The summed E-state index contributed by atoms with van der Waals surface area (Å²) in [5.74, 6) is 0.0246. The van der Waals surface area contributed by atoms with Gasteiger partial charge in [-0.15, -0.1) is 4.80 Å². The maximum Gasteiger partial charge on any atom is 0.150 e. The number of halogens is 1. The molecule has 3 nitrogen and oxygen atoms in total. The molecule has 0 fully saturated rings. The number of hydrogen-bond acceptors (Lipinski definition) is 2. The van der Waals surface area contributed by atoms with Gasteiger partial charge in [-0.05, 0) is 23.6 Å². The molecule has 0 saturated heterocycles. The van der Waals surface area contributed by atoms with Crippen molar-refractivity contribution in [2.75, 3.05) is 0 Å². The van der Waals surface area contributed by atoms with E-state index in [0.29, 0.717) is 11.6 Å². The van der Waals surface area contributed by atoms with E-state index in [-0.39, 0.29) is 5.82 Å². The Balaban J connectivity index is 2.44. The highest BCUT2D eigenvalue weighted by molar-refractivity contribution is 5.35. The molecule has 78 valence electrons. The minimum absolute atomic E-state index is 0.294. The van der Waals surface area contributed by atoms with Crippen LogP contribution in [0.1, 0.15) is 25.3 Å². The zero-order chi connectivity index (χ0) is 10.8. The molecule has 15 heavy (non-hydrogen) atoms. The lowest BCUT2D eigenvalue weighted by molar-refractivity contribution is 0.593. The Hall–Kier alpha value is -1.71. The average Bonchev–Trinajstić information content (AvgIpc) is 2.70. The highest BCUT2D eigenvalue weighted by Gasteiger charge is 2.08. The van der Waals surface area contributed by atoms with Gasteiger partial charge in [-0.2, -0.15) is 10.2 Å². The Morgan fingerprint density at radius 3 is 2.40 bits per heavy atom. The maximum atomic E-state index is 13.7. The molecular weight excluding hydrogens is 193 g/mol. The largest absolute Gasteiger partial charge is 0.205 e. The quantitative estimate of drug-likeness (QED) is 0.754. The second-order valence-electron chi connectivity index (χ2n) is 3.68. The van der Waals surface area contributed by atoms with Gasteiger partial charge in [0.2, 0.25) is 0 Å². The van der Waals surface area contributed by atoms with E-state index >= 15 is 0 Å². The molecule has 0 N–H and O–H groups in total. The molecule has 0 aliphatic heterocycles. The minimum Gasteiger partial charge on any atom is -0.205 e. The van der Waals surface area contributed by atoms with Crippen molar-refractivity contribution in [2.24, 2.45) is 0 Å². The van der Waals surface area contributed by atoms with Crippen LogP contribution in [0.25, 0.3) is 5.69 Å². The number of benzene rings is 1. The molecule has 0 saturated carbocycles. The Morgan fingerprint density at radius 1 is 1.20 bits per heavy atom. The summed E-state index contributed by atoms with van der Waals surface area (Å²) in [6, 6.07) is 5.13. The van der Waals surface area contributed by atoms with Crippen LogP contribution in [0.15, 0.2) is 30.6 Å². The molecule has 0 bridgehead atoms. The molecule has 4 heteroatoms. The first-order valence-electron chi connectivity index (χ1n) is 4.84. The van der Waals surface area contributed by atoms with Crippen LogP contribution in [0.3, 0.4) is 0 Å². The van der Waals surface area contributed by atoms with Gasteiger partial charge in [0.25, 0.3) is 0 Å². The lowest BCUT2D eigenvalue weighted by Crippen LogP contribution is -2.02. The molecule has 0 radical (unpaired) electrons. The number of hydrogen-bond donors (Lipinski definition) is 0. The lowest BCUT2D eigenvalue weighted by atomic mass is 10.0. The molecule has 0 atom stereocenters. The molecule has 0 aliphatic carbocycles. The van der Waals surface area contributed by atoms with Crippen LogP contribution >= 0.6 is 0 Å². The first-order chi connectivity index (χ1) is 7.18. The Kier molecular flexibility index (Phi) is 2.49. The van der Waals surface area contributed by atoms with Crippen molar-refractivity contribution in [3.05, 3.63) is 42.0 Å². The van der Waals surface area contributed by atoms with Crippen LogP contribution in [-0.4, -0.2) is 15.0 Å². The summed E-state index contributed by atoms with van der Waals surface area (Å²) in [5, 5.41) is 7.77. The summed E-state index contributed by atoms with van der Waals surface area (Å²) in [6.07, 6.45) is 3.05. The third-order valence-electron chi connectivity index (χ3n) is 2.27. The van der Waals surface area contributed by atoms with Gasteiger partial charge >= 0.3 is 0 Å². The topological polar surface area (TPSA) is 30.7 Å². The molecule has 2 rings (SSSR count). The van der Waals surface area contributed by atoms with E-state index in [4.69, 9.17) is 0 Å². The highest BCUT2D eigenvalue weighted by atomic mass is 19.1. The van der Waals surface area contributed by atoms with E-state index in [1.807, 2.05) is 19.9 Å². The fourth-order valence-electron chi connectivity index (χ4n) is 1.38. The molecule has 0 spiro atoms. The van der Waals surface area contributed by atoms with Crippen molar-refractivity contribution in [2.45, 2.75) is 19.8 Å². The van der Waals surface area contributed by atoms with Gasteiger partial charge in [0, 0.05) is 0 Å². The van der Waals surface area contributed by atoms with E-state index in [2.05, 4.69) is 10.2 Å². The van der Waals surface area contributed by atoms with Crippen LogP contribution in [0, 0.1) is 5.82 Å². The van der Waals surface area contributed by atoms with E-state index in [1.54, 1.807) is 6.07 Å². The summed E-state index contributed by atoms with van der Waals surface area (Å²) in [7, 11) is 0. The third-order valence-corrected chi connectivity index (χ3v) is 2.27. The second kappa shape index (κ2) is 3.81. The summed E-state index contributed by atoms with van der Waals surface area (Å²) in [4.78, 5) is 1.28. The summed E-state index contributed by atoms with van der Waals surface area (Å²) >= 11 is 0. The Morgan fingerprint density at radius 2 is 1.87 bits per heavy atom. The fraction of sp³-hybridized carbons (Fsp3) is 0.273. The fourth-order valence-corrected chi connectivity index (χ4v) is 1.38. The predicted octanol–water partition coefficient (Wildman–Crippen LogP) is 2.53. The molecule has 0 aliphatic rings. The smallest absolute Gasteiger partial charge is 0.150 e. The van der Waals surface area contributed by atoms with Gasteiger partial charge in [-0.25, -0.2) is 4.39 Å². The average molecular weight is 205 g/mol. The van der Waals surface area contributed by atoms with E-state index < -0.39 is 0 Å². The molecule has 1 aromatic heterocycles. The molecule has 0 amide bonds. The van der Waals surface area contributed by atoms with Gasteiger partial charge in [-0.1, -0.05) is 19.9 Å². The van der Waals surface area contributed by atoms with Crippen molar-refractivity contribution in [1.29, 1.82) is 0 Å². The Labute approximate surface area is 87.5 Å². The monoisotopic (exact) mass is 205 g/mol. The van der Waals surface area contributed by atoms with Gasteiger partial charge in [0.05, 0.1) is 12.4 Å². The van der Waals surface area contributed by atoms with Gasteiger partial charge < -0.3 is 0 Å². The van der Waals surface area contributed by atoms with E-state index in [1.165, 1.54) is 23.3 Å². The maximum absolute atomic E-state index is 13.7. The van der Waals surface area contributed by atoms with Crippen molar-refractivity contribution in [3.63, 3.8) is 0 Å². The van der Waals surface area contributed by atoms with Crippen molar-refractivity contribution in [1.82, 2.24) is 15.0 Å². The predicted molar refractivity (Wildman–Crippen MR) is 55.4 cm³/mol. The van der Waals surface area contributed by atoms with Crippen LogP contribution in [0.5, 0.6) is 0 Å². The SMILES string of the molecule is CC(C)c1ccc(-n2nccn2)c(F)c1. The molecule has 1 aromatic carbocycles. The van der Waals surface area contributed by atoms with Crippen LogP contribution in [-0.2, 0) is 0 Å². The lowest BCUT2D eigenvalue weighted by Gasteiger charge is -2.07. The standard InChI is InChI=1S/C11H12FN3/c1-8(2)9-3-4-11(10(12)7-9)15-13-5-6-14-15/h3-8H,1-2H3. The zero-order valence-corrected chi connectivity index (χ0v) is 8.68. The van der Waals surface area contributed by atoms with Gasteiger partial charge in [0.15, 0.2) is 5.82 Å². The summed E-state index contributed by atoms with van der Waals surface area (Å²) in [6.45, 7) is 4.06. The number of rotatable bonds is 2. The summed E-state index contributed by atoms with van der Waals surface area (Å²) < 4.78 is 13.7. The van der Waals surface area contributed by atoms with Crippen LogP contribution in [0.4, 0.5) is 4.39 Å². The molecule has 1 heterocycles. The van der Waals surface area contributed by atoms with E-state index in [9.17, 15) is 4.39 Å². The Bertz CT molecular complexity index is 449. The molecule has 2 aromatic rings. The molecular formula is C11H12FN3. The van der Waals surface area contributed by atoms with Crippen LogP contribution in [0.2, 0.25) is 0 Å². The van der Waals surface area contributed by atoms with Crippen LogP contribution < -0.4 is 0 Å². The first-order valence-corrected chi connectivity index (χ1v) is 4.84. The van der Waals surface area contributed by atoms with Gasteiger partial charge in [-0.3, -0.25) is 0 Å². The third kappa shape index (κ3) is 1.88. The normalized spacial score (nSPS) is 10.9. The van der Waals surface area contributed by atoms with Gasteiger partial charge in [0.1, 0.15) is 5.69 Å². The highest BCUT2D eigenvalue weighted by Crippen LogP contribution is 2.19. The van der Waals surface area contributed by atoms with Crippen molar-refractivity contribution in [3.8, 4) is 5.69 Å². The molecule has 0 unspecified atom stereocenters.